The van der Waals surface area contributed by atoms with Gasteiger partial charge < -0.3 is 14.6 Å². The Hall–Kier alpha value is -1.08. The molecule has 4 heterocycles. The number of carbonyl (C=O) groups is 1. The van der Waals surface area contributed by atoms with Crippen molar-refractivity contribution < 1.29 is 9.21 Å². The zero-order chi connectivity index (χ0) is 16.0. The van der Waals surface area contributed by atoms with E-state index in [9.17, 15) is 4.79 Å². The van der Waals surface area contributed by atoms with E-state index in [0.29, 0.717) is 15.9 Å². The molecule has 0 spiro atoms. The summed E-state index contributed by atoms with van der Waals surface area (Å²) in [6.45, 7) is 5.51. The van der Waals surface area contributed by atoms with Crippen molar-refractivity contribution in [3.63, 3.8) is 0 Å². The minimum atomic E-state index is 0.0407. The molecule has 1 N–H and O–H groups in total. The van der Waals surface area contributed by atoms with Crippen LogP contribution >= 0.6 is 22.6 Å². The van der Waals surface area contributed by atoms with E-state index in [1.54, 1.807) is 6.26 Å². The van der Waals surface area contributed by atoms with Crippen LogP contribution in [0.25, 0.3) is 11.0 Å². The predicted molar refractivity (Wildman–Crippen MR) is 99.1 cm³/mol. The number of carbonyl (C=O) groups excluding carboxylic acids is 1. The van der Waals surface area contributed by atoms with E-state index in [-0.39, 0.29) is 5.91 Å². The summed E-state index contributed by atoms with van der Waals surface area (Å²) in [5.41, 5.74) is 2.73. The highest BCUT2D eigenvalue weighted by Gasteiger charge is 2.34. The van der Waals surface area contributed by atoms with Gasteiger partial charge in [-0.25, -0.2) is 0 Å². The molecule has 3 saturated heterocycles. The Morgan fingerprint density at radius 3 is 2.83 bits per heavy atom. The third-order valence-corrected chi connectivity index (χ3v) is 5.94. The van der Waals surface area contributed by atoms with Gasteiger partial charge in [-0.1, -0.05) is 22.6 Å². The number of nitrogens with one attached hydrogen (secondary N) is 1. The number of rotatable bonds is 3. The van der Waals surface area contributed by atoms with Crippen molar-refractivity contribution in [2.45, 2.75) is 29.7 Å². The third kappa shape index (κ3) is 2.89. The molecular weight excluding hydrogens is 403 g/mol. The highest BCUT2D eigenvalue weighted by atomic mass is 127. The minimum Gasteiger partial charge on any atom is -0.464 e. The quantitative estimate of drug-likeness (QED) is 0.603. The maximum Gasteiger partial charge on any atom is 0.251 e. The lowest BCUT2D eigenvalue weighted by Crippen LogP contribution is -2.57. The smallest absolute Gasteiger partial charge is 0.251 e. The van der Waals surface area contributed by atoms with Gasteiger partial charge in [-0.2, -0.15) is 0 Å². The van der Waals surface area contributed by atoms with Crippen molar-refractivity contribution in [3.8, 4) is 0 Å². The van der Waals surface area contributed by atoms with Crippen LogP contribution in [0.3, 0.4) is 0 Å². The normalized spacial score (nSPS) is 28.0. The third-order valence-electron chi connectivity index (χ3n) is 5.27. The molecule has 0 radical (unpaired) electrons. The van der Waals surface area contributed by atoms with Crippen LogP contribution in [0.5, 0.6) is 0 Å². The number of hydrogen-bond donors (Lipinski definition) is 1. The molecule has 3 fully saturated rings. The molecule has 5 rings (SSSR count). The van der Waals surface area contributed by atoms with Gasteiger partial charge in [-0.3, -0.25) is 4.79 Å². The number of nitrogens with zero attached hydrogens (tertiary/aromatic N) is 1. The number of furan rings is 1. The Balaban J connectivity index is 1.56. The summed E-state index contributed by atoms with van der Waals surface area (Å²) in [4.78, 5) is 15.1. The second-order valence-corrected chi connectivity index (χ2v) is 8.60. The molecular formula is C18H21IN2O2. The highest BCUT2D eigenvalue weighted by Crippen LogP contribution is 2.32. The molecule has 3 aliphatic heterocycles. The van der Waals surface area contributed by atoms with Crippen molar-refractivity contribution in [1.29, 1.82) is 0 Å². The van der Waals surface area contributed by atoms with Gasteiger partial charge in [0.05, 0.1) is 6.26 Å². The maximum atomic E-state index is 12.7. The van der Waals surface area contributed by atoms with Gasteiger partial charge in [-0.15, -0.1) is 0 Å². The van der Waals surface area contributed by atoms with Crippen LogP contribution in [0.4, 0.5) is 0 Å². The van der Waals surface area contributed by atoms with Gasteiger partial charge in [0, 0.05) is 33.0 Å². The number of benzene rings is 1. The van der Waals surface area contributed by atoms with E-state index in [4.69, 9.17) is 4.42 Å². The number of halogens is 1. The molecule has 0 saturated carbocycles. The summed E-state index contributed by atoms with van der Waals surface area (Å²) in [6.07, 6.45) is 4.22. The molecule has 1 aromatic heterocycles. The Morgan fingerprint density at radius 1 is 1.39 bits per heavy atom. The molecule has 23 heavy (non-hydrogen) atoms. The first kappa shape index (κ1) is 15.4. The van der Waals surface area contributed by atoms with Gasteiger partial charge >= 0.3 is 0 Å². The lowest BCUT2D eigenvalue weighted by atomic mass is 9.84. The van der Waals surface area contributed by atoms with Gasteiger partial charge in [0.2, 0.25) is 0 Å². The Labute approximate surface area is 149 Å². The standard InChI is InChI=1S/C18H21IN2O2/c1-11(19)15-10-23-17-3-2-13(8-14(15)17)18(22)20-16-9-21-6-4-12(16)5-7-21/h2-3,8,10-12,16H,4-7,9H2,1H3,(H,20,22)/t11?,16-/m0/s1. The predicted octanol–water partition coefficient (Wildman–Crippen LogP) is 3.75. The molecule has 3 aliphatic rings. The fourth-order valence-electron chi connectivity index (χ4n) is 3.88. The summed E-state index contributed by atoms with van der Waals surface area (Å²) in [5.74, 6) is 0.686. The van der Waals surface area contributed by atoms with E-state index in [2.05, 4.69) is 39.7 Å². The highest BCUT2D eigenvalue weighted by molar-refractivity contribution is 14.1. The van der Waals surface area contributed by atoms with Crippen LogP contribution in [-0.2, 0) is 0 Å². The summed E-state index contributed by atoms with van der Waals surface area (Å²) < 4.78 is 5.95. The second-order valence-electron chi connectivity index (χ2n) is 6.74. The average molecular weight is 424 g/mol. The first-order chi connectivity index (χ1) is 11.1. The van der Waals surface area contributed by atoms with Crippen molar-refractivity contribution >= 4 is 39.5 Å². The van der Waals surface area contributed by atoms with Crippen LogP contribution in [0.1, 0.15) is 39.6 Å². The Morgan fingerprint density at radius 2 is 2.17 bits per heavy atom. The number of alkyl halides is 1. The number of amides is 1. The van der Waals surface area contributed by atoms with Crippen LogP contribution < -0.4 is 5.32 Å². The number of hydrogen-bond acceptors (Lipinski definition) is 3. The maximum absolute atomic E-state index is 12.7. The molecule has 2 atom stereocenters. The summed E-state index contributed by atoms with van der Waals surface area (Å²) in [6, 6.07) is 6.04. The minimum absolute atomic E-state index is 0.0407. The molecule has 5 heteroatoms. The summed E-state index contributed by atoms with van der Waals surface area (Å²) >= 11 is 2.37. The van der Waals surface area contributed by atoms with Gasteiger partial charge in [0.1, 0.15) is 5.58 Å². The van der Waals surface area contributed by atoms with Crippen LogP contribution in [-0.4, -0.2) is 36.5 Å². The van der Waals surface area contributed by atoms with Crippen LogP contribution in [0.2, 0.25) is 0 Å². The Bertz CT molecular complexity index is 732. The zero-order valence-electron chi connectivity index (χ0n) is 13.2. The topological polar surface area (TPSA) is 45.5 Å². The summed E-state index contributed by atoms with van der Waals surface area (Å²) in [7, 11) is 0. The largest absolute Gasteiger partial charge is 0.464 e. The molecule has 122 valence electrons. The van der Waals surface area contributed by atoms with Crippen molar-refractivity contribution in [2.75, 3.05) is 19.6 Å². The molecule has 2 aromatic rings. The summed E-state index contributed by atoms with van der Waals surface area (Å²) in [5, 5.41) is 4.31. The first-order valence-corrected chi connectivity index (χ1v) is 9.55. The van der Waals surface area contributed by atoms with Crippen molar-refractivity contribution in [1.82, 2.24) is 10.2 Å². The van der Waals surface area contributed by atoms with Crippen LogP contribution in [0, 0.1) is 5.92 Å². The van der Waals surface area contributed by atoms with Crippen LogP contribution in [0.15, 0.2) is 28.9 Å². The van der Waals surface area contributed by atoms with E-state index in [1.165, 1.54) is 25.9 Å². The van der Waals surface area contributed by atoms with Gasteiger partial charge in [0.15, 0.2) is 0 Å². The van der Waals surface area contributed by atoms with E-state index in [0.717, 1.165) is 28.6 Å². The SMILES string of the molecule is CC(I)c1coc2ccc(C(=O)N[C@H]3CN4CCC3CC4)cc12. The molecule has 1 amide bonds. The molecule has 2 bridgehead atoms. The Kier molecular flexibility index (Phi) is 4.09. The molecule has 1 aromatic carbocycles. The van der Waals surface area contributed by atoms with Crippen molar-refractivity contribution in [2.24, 2.45) is 5.92 Å². The zero-order valence-corrected chi connectivity index (χ0v) is 15.4. The van der Waals surface area contributed by atoms with Gasteiger partial charge in [-0.05, 0) is 57.0 Å². The molecule has 0 aliphatic carbocycles. The fourth-order valence-corrected chi connectivity index (χ4v) is 4.36. The lowest BCUT2D eigenvalue weighted by molar-refractivity contribution is 0.0620. The molecule has 1 unspecified atom stereocenters. The van der Waals surface area contributed by atoms with Crippen molar-refractivity contribution in [3.05, 3.63) is 35.6 Å². The lowest BCUT2D eigenvalue weighted by Gasteiger charge is -2.44. The van der Waals surface area contributed by atoms with E-state index < -0.39 is 0 Å². The number of piperidine rings is 3. The van der Waals surface area contributed by atoms with E-state index >= 15 is 0 Å². The average Bonchev–Trinajstić information content (AvgIpc) is 2.99. The first-order valence-electron chi connectivity index (χ1n) is 8.30. The van der Waals surface area contributed by atoms with Gasteiger partial charge in [0.25, 0.3) is 5.91 Å². The second kappa shape index (κ2) is 6.09. The fraction of sp³-hybridized carbons (Fsp3) is 0.500. The molecule has 4 nitrogen and oxygen atoms in total. The monoisotopic (exact) mass is 424 g/mol. The number of fused-ring (bicyclic) bond motifs is 4. The van der Waals surface area contributed by atoms with E-state index in [1.807, 2.05) is 18.2 Å².